The van der Waals surface area contributed by atoms with E-state index in [-0.39, 0.29) is 17.1 Å². The first-order valence-corrected chi connectivity index (χ1v) is 7.50. The number of thioether (sulfide) groups is 1. The number of hydrogen-bond acceptors (Lipinski definition) is 7. The average Bonchev–Trinajstić information content (AvgIpc) is 3.24. The highest BCUT2D eigenvalue weighted by Crippen LogP contribution is 2.52. The van der Waals surface area contributed by atoms with Gasteiger partial charge in [-0.25, -0.2) is 4.98 Å². The number of aromatic nitrogens is 1. The first-order chi connectivity index (χ1) is 9.98. The molecule has 0 amide bonds. The van der Waals surface area contributed by atoms with E-state index in [2.05, 4.69) is 10.3 Å². The number of carbonyl (C=O) groups is 1. The lowest BCUT2D eigenvalue weighted by molar-refractivity contribution is -0.385. The molecular weight excluding hydrogens is 294 g/mol. The molecule has 1 aromatic heterocycles. The molecular formula is C13H17N3O4S. The van der Waals surface area contributed by atoms with Gasteiger partial charge in [-0.1, -0.05) is 0 Å². The first kappa shape index (κ1) is 15.6. The maximum absolute atomic E-state index is 11.4. The van der Waals surface area contributed by atoms with Gasteiger partial charge in [0.05, 0.1) is 24.5 Å². The van der Waals surface area contributed by atoms with Gasteiger partial charge in [-0.2, -0.15) is 0 Å². The fourth-order valence-electron chi connectivity index (χ4n) is 1.95. The molecule has 1 aliphatic carbocycles. The van der Waals surface area contributed by atoms with Crippen LogP contribution in [0.1, 0.15) is 19.3 Å². The normalized spacial score (nSPS) is 15.3. The molecule has 0 radical (unpaired) electrons. The number of carbonyl (C=O) groups excluding carboxylic acids is 1. The standard InChI is InChI=1S/C13H17N3O4S/c1-14-10-5-9(16(18)19)6-11(15-10)21-8-13(3-4-13)7-12(17)20-2/h5-6H,3-4,7-8H2,1-2H3,(H,14,15). The molecule has 1 heterocycles. The fourth-order valence-corrected chi connectivity index (χ4v) is 3.17. The topological polar surface area (TPSA) is 94.4 Å². The molecule has 0 bridgehead atoms. The van der Waals surface area contributed by atoms with Gasteiger partial charge in [0, 0.05) is 18.9 Å². The van der Waals surface area contributed by atoms with Crippen molar-refractivity contribution in [2.45, 2.75) is 24.3 Å². The van der Waals surface area contributed by atoms with Crippen LogP contribution in [0.4, 0.5) is 11.5 Å². The van der Waals surface area contributed by atoms with E-state index < -0.39 is 4.92 Å². The second-order valence-electron chi connectivity index (χ2n) is 5.10. The second kappa shape index (κ2) is 6.30. The Labute approximate surface area is 126 Å². The number of esters is 1. The summed E-state index contributed by atoms with van der Waals surface area (Å²) >= 11 is 1.44. The van der Waals surface area contributed by atoms with E-state index in [1.54, 1.807) is 7.05 Å². The van der Waals surface area contributed by atoms with Crippen molar-refractivity contribution in [1.82, 2.24) is 4.98 Å². The molecule has 114 valence electrons. The lowest BCUT2D eigenvalue weighted by Crippen LogP contribution is -2.13. The summed E-state index contributed by atoms with van der Waals surface area (Å²) in [6.07, 6.45) is 2.34. The van der Waals surface area contributed by atoms with E-state index in [0.29, 0.717) is 23.0 Å². The Morgan fingerprint density at radius 1 is 1.57 bits per heavy atom. The number of ether oxygens (including phenoxy) is 1. The van der Waals surface area contributed by atoms with E-state index >= 15 is 0 Å². The van der Waals surface area contributed by atoms with Crippen molar-refractivity contribution in [3.63, 3.8) is 0 Å². The fraction of sp³-hybridized carbons (Fsp3) is 0.538. The molecule has 21 heavy (non-hydrogen) atoms. The van der Waals surface area contributed by atoms with Gasteiger partial charge in [0.25, 0.3) is 5.69 Å². The highest BCUT2D eigenvalue weighted by atomic mass is 32.2. The van der Waals surface area contributed by atoms with Gasteiger partial charge < -0.3 is 10.1 Å². The molecule has 2 rings (SSSR count). The SMILES string of the molecule is CNc1cc([N+](=O)[O-])cc(SCC2(CC(=O)OC)CC2)n1. The van der Waals surface area contributed by atoms with Crippen molar-refractivity contribution in [1.29, 1.82) is 0 Å². The number of methoxy groups -OCH3 is 1. The Kier molecular flexibility index (Phi) is 4.66. The van der Waals surface area contributed by atoms with Gasteiger partial charge in [0.15, 0.2) is 0 Å². The van der Waals surface area contributed by atoms with Crippen LogP contribution in [-0.2, 0) is 9.53 Å². The van der Waals surface area contributed by atoms with Crippen LogP contribution in [-0.4, -0.2) is 35.8 Å². The summed E-state index contributed by atoms with van der Waals surface area (Å²) in [5.74, 6) is 0.958. The highest BCUT2D eigenvalue weighted by molar-refractivity contribution is 7.99. The average molecular weight is 311 g/mol. The van der Waals surface area contributed by atoms with Crippen molar-refractivity contribution >= 4 is 29.2 Å². The van der Waals surface area contributed by atoms with Crippen LogP contribution in [0, 0.1) is 15.5 Å². The predicted octanol–water partition coefficient (Wildman–Crippen LogP) is 2.47. The quantitative estimate of drug-likeness (QED) is 0.358. The van der Waals surface area contributed by atoms with Crippen molar-refractivity contribution in [3.05, 3.63) is 22.2 Å². The second-order valence-corrected chi connectivity index (χ2v) is 6.09. The Hall–Kier alpha value is -1.83. The summed E-state index contributed by atoms with van der Waals surface area (Å²) in [5, 5.41) is 14.3. The van der Waals surface area contributed by atoms with E-state index in [9.17, 15) is 14.9 Å². The van der Waals surface area contributed by atoms with Crippen molar-refractivity contribution < 1.29 is 14.5 Å². The molecule has 0 unspecified atom stereocenters. The summed E-state index contributed by atoms with van der Waals surface area (Å²) < 4.78 is 4.70. The van der Waals surface area contributed by atoms with E-state index in [1.807, 2.05) is 0 Å². The molecule has 1 fully saturated rings. The van der Waals surface area contributed by atoms with Gasteiger partial charge >= 0.3 is 5.97 Å². The zero-order chi connectivity index (χ0) is 15.5. The molecule has 0 saturated heterocycles. The van der Waals surface area contributed by atoms with E-state index in [4.69, 9.17) is 4.74 Å². The largest absolute Gasteiger partial charge is 0.469 e. The minimum absolute atomic E-state index is 0.00895. The van der Waals surface area contributed by atoms with E-state index in [0.717, 1.165) is 12.8 Å². The minimum Gasteiger partial charge on any atom is -0.469 e. The third-order valence-corrected chi connectivity index (χ3v) is 4.75. The Balaban J connectivity index is 2.04. The first-order valence-electron chi connectivity index (χ1n) is 6.52. The number of anilines is 1. The van der Waals surface area contributed by atoms with Crippen LogP contribution < -0.4 is 5.32 Å². The van der Waals surface area contributed by atoms with Crippen LogP contribution in [0.5, 0.6) is 0 Å². The number of hydrogen-bond donors (Lipinski definition) is 1. The summed E-state index contributed by atoms with van der Waals surface area (Å²) in [4.78, 5) is 26.1. The number of nitro groups is 1. The zero-order valence-corrected chi connectivity index (χ0v) is 12.7. The van der Waals surface area contributed by atoms with Gasteiger partial charge in [-0.3, -0.25) is 14.9 Å². The van der Waals surface area contributed by atoms with Crippen LogP contribution in [0.25, 0.3) is 0 Å². The Morgan fingerprint density at radius 2 is 2.29 bits per heavy atom. The van der Waals surface area contributed by atoms with Crippen LogP contribution >= 0.6 is 11.8 Å². The molecule has 0 aliphatic heterocycles. The third-order valence-electron chi connectivity index (χ3n) is 3.48. The summed E-state index contributed by atoms with van der Waals surface area (Å²) in [6.45, 7) is 0. The number of rotatable bonds is 7. The molecule has 0 atom stereocenters. The van der Waals surface area contributed by atoms with Crippen molar-refractivity contribution in [3.8, 4) is 0 Å². The van der Waals surface area contributed by atoms with Crippen molar-refractivity contribution in [2.75, 3.05) is 25.2 Å². The monoisotopic (exact) mass is 311 g/mol. The smallest absolute Gasteiger partial charge is 0.306 e. The van der Waals surface area contributed by atoms with Gasteiger partial charge in [-0.15, -0.1) is 11.8 Å². The zero-order valence-electron chi connectivity index (χ0n) is 11.9. The molecule has 0 spiro atoms. The molecule has 1 aliphatic rings. The summed E-state index contributed by atoms with van der Waals surface area (Å²) in [5.41, 5.74) is -0.0289. The molecule has 1 saturated carbocycles. The van der Waals surface area contributed by atoms with Gasteiger partial charge in [0.2, 0.25) is 0 Å². The third kappa shape index (κ3) is 4.07. The Bertz CT molecular complexity index is 560. The lowest BCUT2D eigenvalue weighted by atomic mass is 10.1. The number of nitrogens with zero attached hydrogens (tertiary/aromatic N) is 2. The maximum Gasteiger partial charge on any atom is 0.306 e. The summed E-state index contributed by atoms with van der Waals surface area (Å²) in [7, 11) is 3.05. The predicted molar refractivity (Wildman–Crippen MR) is 79.5 cm³/mol. The molecule has 8 heteroatoms. The molecule has 1 N–H and O–H groups in total. The number of pyridine rings is 1. The van der Waals surface area contributed by atoms with Gasteiger partial charge in [0.1, 0.15) is 10.8 Å². The molecule has 1 aromatic rings. The summed E-state index contributed by atoms with van der Waals surface area (Å²) in [6, 6.07) is 2.85. The van der Waals surface area contributed by atoms with Crippen LogP contribution in [0.3, 0.4) is 0 Å². The molecule has 0 aromatic carbocycles. The van der Waals surface area contributed by atoms with Crippen LogP contribution in [0.15, 0.2) is 17.2 Å². The maximum atomic E-state index is 11.4. The van der Waals surface area contributed by atoms with Crippen LogP contribution in [0.2, 0.25) is 0 Å². The highest BCUT2D eigenvalue weighted by Gasteiger charge is 2.44. The molecule has 7 nitrogen and oxygen atoms in total. The van der Waals surface area contributed by atoms with Gasteiger partial charge in [-0.05, 0) is 18.3 Å². The minimum atomic E-state index is -0.437. The Morgan fingerprint density at radius 3 is 2.81 bits per heavy atom. The van der Waals surface area contributed by atoms with E-state index in [1.165, 1.54) is 31.0 Å². The van der Waals surface area contributed by atoms with Crippen molar-refractivity contribution in [2.24, 2.45) is 5.41 Å². The lowest BCUT2D eigenvalue weighted by Gasteiger charge is -2.13. The number of nitrogens with one attached hydrogen (secondary N) is 1.